The van der Waals surface area contributed by atoms with E-state index in [4.69, 9.17) is 5.73 Å². The third-order valence-corrected chi connectivity index (χ3v) is 3.45. The summed E-state index contributed by atoms with van der Waals surface area (Å²) in [6.45, 7) is 0.547. The lowest BCUT2D eigenvalue weighted by atomic mass is 10.1. The van der Waals surface area contributed by atoms with Crippen LogP contribution in [0.15, 0.2) is 54.6 Å². The van der Waals surface area contributed by atoms with Crippen molar-refractivity contribution < 1.29 is 9.18 Å². The second-order valence-corrected chi connectivity index (χ2v) is 5.02. The van der Waals surface area contributed by atoms with E-state index in [1.54, 1.807) is 24.1 Å². The standard InChI is InChI=1S/C17H19FN2O.ClH/c1-20(12-11-13-7-9-15(18)10-8-13)17(21)16(19)14-5-3-2-4-6-14;/h2-10,16H,11-12,19H2,1H3;1H. The number of nitrogens with zero attached hydrogens (tertiary/aromatic N) is 1. The maximum atomic E-state index is 12.8. The Morgan fingerprint density at radius 2 is 1.73 bits per heavy atom. The average molecular weight is 323 g/mol. The molecule has 2 N–H and O–H groups in total. The largest absolute Gasteiger partial charge is 0.344 e. The van der Waals surface area contributed by atoms with Gasteiger partial charge in [-0.1, -0.05) is 42.5 Å². The molecule has 0 aliphatic rings. The van der Waals surface area contributed by atoms with Gasteiger partial charge in [-0.3, -0.25) is 4.79 Å². The summed E-state index contributed by atoms with van der Waals surface area (Å²) >= 11 is 0. The fraction of sp³-hybridized carbons (Fsp3) is 0.235. The molecule has 0 spiro atoms. The number of carbonyl (C=O) groups is 1. The summed E-state index contributed by atoms with van der Waals surface area (Å²) in [4.78, 5) is 13.9. The molecule has 1 atom stereocenters. The number of nitrogens with two attached hydrogens (primary N) is 1. The van der Waals surface area contributed by atoms with Crippen LogP contribution in [0.5, 0.6) is 0 Å². The van der Waals surface area contributed by atoms with E-state index in [-0.39, 0.29) is 24.1 Å². The van der Waals surface area contributed by atoms with E-state index >= 15 is 0 Å². The number of hydrogen-bond donors (Lipinski definition) is 1. The van der Waals surface area contributed by atoms with E-state index in [1.807, 2.05) is 30.3 Å². The Morgan fingerprint density at radius 1 is 1.14 bits per heavy atom. The summed E-state index contributed by atoms with van der Waals surface area (Å²) in [6, 6.07) is 15.0. The maximum absolute atomic E-state index is 12.8. The highest BCUT2D eigenvalue weighted by Crippen LogP contribution is 2.12. The highest BCUT2D eigenvalue weighted by Gasteiger charge is 2.19. The third-order valence-electron chi connectivity index (χ3n) is 3.45. The number of halogens is 2. The molecule has 2 aromatic carbocycles. The van der Waals surface area contributed by atoms with Crippen molar-refractivity contribution in [2.24, 2.45) is 5.73 Å². The fourth-order valence-electron chi connectivity index (χ4n) is 2.10. The minimum atomic E-state index is -0.649. The van der Waals surface area contributed by atoms with E-state index in [9.17, 15) is 9.18 Å². The van der Waals surface area contributed by atoms with Crippen molar-refractivity contribution in [3.63, 3.8) is 0 Å². The second-order valence-electron chi connectivity index (χ2n) is 5.02. The van der Waals surface area contributed by atoms with Crippen LogP contribution in [0.3, 0.4) is 0 Å². The van der Waals surface area contributed by atoms with Gasteiger partial charge in [0.05, 0.1) is 0 Å². The fourth-order valence-corrected chi connectivity index (χ4v) is 2.10. The first-order chi connectivity index (χ1) is 10.1. The van der Waals surface area contributed by atoms with E-state index in [0.717, 1.165) is 11.1 Å². The lowest BCUT2D eigenvalue weighted by Crippen LogP contribution is -2.37. The lowest BCUT2D eigenvalue weighted by Gasteiger charge is -2.21. The SMILES string of the molecule is CN(CCc1ccc(F)cc1)C(=O)C(N)c1ccccc1.Cl. The highest BCUT2D eigenvalue weighted by atomic mass is 35.5. The molecule has 2 rings (SSSR count). The molecule has 0 heterocycles. The maximum Gasteiger partial charge on any atom is 0.243 e. The van der Waals surface area contributed by atoms with Crippen molar-refractivity contribution in [1.82, 2.24) is 4.90 Å². The summed E-state index contributed by atoms with van der Waals surface area (Å²) in [5.41, 5.74) is 7.78. The predicted octanol–water partition coefficient (Wildman–Crippen LogP) is 2.95. The van der Waals surface area contributed by atoms with Crippen LogP contribution in [-0.4, -0.2) is 24.4 Å². The molecular weight excluding hydrogens is 303 g/mol. The highest BCUT2D eigenvalue weighted by molar-refractivity contribution is 5.85. The molecule has 0 saturated heterocycles. The van der Waals surface area contributed by atoms with Crippen molar-refractivity contribution >= 4 is 18.3 Å². The molecule has 2 aromatic rings. The summed E-state index contributed by atoms with van der Waals surface area (Å²) < 4.78 is 12.8. The topological polar surface area (TPSA) is 46.3 Å². The van der Waals surface area contributed by atoms with Gasteiger partial charge in [-0.25, -0.2) is 4.39 Å². The normalized spacial score (nSPS) is 11.4. The molecule has 0 aromatic heterocycles. The van der Waals surface area contributed by atoms with Crippen molar-refractivity contribution in [1.29, 1.82) is 0 Å². The van der Waals surface area contributed by atoms with E-state index in [2.05, 4.69) is 0 Å². The van der Waals surface area contributed by atoms with E-state index in [0.29, 0.717) is 13.0 Å². The van der Waals surface area contributed by atoms with Gasteiger partial charge in [0.2, 0.25) is 5.91 Å². The number of likely N-dealkylation sites (N-methyl/N-ethyl adjacent to an activating group) is 1. The number of carbonyl (C=O) groups excluding carboxylic acids is 1. The van der Waals surface area contributed by atoms with Crippen LogP contribution >= 0.6 is 12.4 Å². The second kappa shape index (κ2) is 8.51. The van der Waals surface area contributed by atoms with Crippen molar-refractivity contribution in [3.05, 3.63) is 71.5 Å². The minimum Gasteiger partial charge on any atom is -0.344 e. The summed E-state index contributed by atoms with van der Waals surface area (Å²) in [6.07, 6.45) is 0.671. The van der Waals surface area contributed by atoms with Crippen molar-refractivity contribution in [2.45, 2.75) is 12.5 Å². The van der Waals surface area contributed by atoms with E-state index < -0.39 is 6.04 Å². The average Bonchev–Trinajstić information content (AvgIpc) is 2.53. The molecule has 0 aliphatic carbocycles. The lowest BCUT2D eigenvalue weighted by molar-refractivity contribution is -0.131. The zero-order valence-corrected chi connectivity index (χ0v) is 13.2. The zero-order valence-electron chi connectivity index (χ0n) is 12.4. The van der Waals surface area contributed by atoms with Gasteiger partial charge >= 0.3 is 0 Å². The van der Waals surface area contributed by atoms with Crippen LogP contribution in [0, 0.1) is 5.82 Å². The van der Waals surface area contributed by atoms with Crippen LogP contribution in [0.2, 0.25) is 0 Å². The number of benzene rings is 2. The number of rotatable bonds is 5. The van der Waals surface area contributed by atoms with Crippen molar-refractivity contribution in [3.8, 4) is 0 Å². The smallest absolute Gasteiger partial charge is 0.243 e. The Morgan fingerprint density at radius 3 is 2.32 bits per heavy atom. The summed E-state index contributed by atoms with van der Waals surface area (Å²) in [5, 5.41) is 0. The molecule has 1 amide bonds. The Labute approximate surface area is 136 Å². The van der Waals surface area contributed by atoms with Crippen LogP contribution in [-0.2, 0) is 11.2 Å². The molecule has 22 heavy (non-hydrogen) atoms. The quantitative estimate of drug-likeness (QED) is 0.920. The van der Waals surface area contributed by atoms with Gasteiger partial charge in [0.15, 0.2) is 0 Å². The molecule has 3 nitrogen and oxygen atoms in total. The number of hydrogen-bond acceptors (Lipinski definition) is 2. The molecule has 0 aliphatic heterocycles. The zero-order chi connectivity index (χ0) is 15.2. The van der Waals surface area contributed by atoms with Gasteiger partial charge in [-0.2, -0.15) is 0 Å². The molecule has 5 heteroatoms. The Kier molecular flexibility index (Phi) is 7.02. The Hall–Kier alpha value is -1.91. The van der Waals surface area contributed by atoms with Crippen LogP contribution in [0.4, 0.5) is 4.39 Å². The minimum absolute atomic E-state index is 0. The first-order valence-electron chi connectivity index (χ1n) is 6.88. The molecular formula is C17H20ClFN2O. The third kappa shape index (κ3) is 4.83. The molecule has 0 saturated carbocycles. The van der Waals surface area contributed by atoms with Gasteiger partial charge in [0.25, 0.3) is 0 Å². The first-order valence-corrected chi connectivity index (χ1v) is 6.88. The Bertz CT molecular complexity index is 589. The number of amides is 1. The van der Waals surface area contributed by atoms with Crippen LogP contribution in [0.25, 0.3) is 0 Å². The monoisotopic (exact) mass is 322 g/mol. The molecule has 0 radical (unpaired) electrons. The first kappa shape index (κ1) is 18.1. The predicted molar refractivity (Wildman–Crippen MR) is 88.4 cm³/mol. The van der Waals surface area contributed by atoms with Crippen molar-refractivity contribution in [2.75, 3.05) is 13.6 Å². The molecule has 0 bridgehead atoms. The van der Waals surface area contributed by atoms with Gasteiger partial charge in [-0.15, -0.1) is 12.4 Å². The molecule has 118 valence electrons. The molecule has 0 fully saturated rings. The van der Waals surface area contributed by atoms with Gasteiger partial charge in [0.1, 0.15) is 11.9 Å². The van der Waals surface area contributed by atoms with Gasteiger partial charge in [0, 0.05) is 13.6 Å². The Balaban J connectivity index is 0.00000242. The van der Waals surface area contributed by atoms with Crippen LogP contribution < -0.4 is 5.73 Å². The molecule has 1 unspecified atom stereocenters. The summed E-state index contributed by atoms with van der Waals surface area (Å²) in [7, 11) is 1.73. The van der Waals surface area contributed by atoms with E-state index in [1.165, 1.54) is 12.1 Å². The van der Waals surface area contributed by atoms with Crippen LogP contribution in [0.1, 0.15) is 17.2 Å². The van der Waals surface area contributed by atoms with Gasteiger partial charge in [-0.05, 0) is 29.7 Å². The summed E-state index contributed by atoms with van der Waals surface area (Å²) in [5.74, 6) is -0.377. The van der Waals surface area contributed by atoms with Gasteiger partial charge < -0.3 is 10.6 Å².